The van der Waals surface area contributed by atoms with Gasteiger partial charge in [0.15, 0.2) is 0 Å². The Morgan fingerprint density at radius 1 is 1.28 bits per heavy atom. The maximum absolute atomic E-state index is 14.2. The Labute approximate surface area is 142 Å². The lowest BCUT2D eigenvalue weighted by Crippen LogP contribution is -2.29. The van der Waals surface area contributed by atoms with E-state index in [1.54, 1.807) is 25.1 Å². The predicted molar refractivity (Wildman–Crippen MR) is 89.2 cm³/mol. The molecule has 0 aliphatic carbocycles. The molecule has 1 unspecified atom stereocenters. The van der Waals surface area contributed by atoms with Crippen LogP contribution in [0.1, 0.15) is 30.8 Å². The van der Waals surface area contributed by atoms with E-state index in [0.29, 0.717) is 17.7 Å². The summed E-state index contributed by atoms with van der Waals surface area (Å²) < 4.78 is 29.4. The number of hydrogen-bond acceptors (Lipinski definition) is 4. The fourth-order valence-electron chi connectivity index (χ4n) is 2.63. The van der Waals surface area contributed by atoms with E-state index in [1.165, 1.54) is 6.07 Å². The Balaban J connectivity index is 2.48. The van der Waals surface area contributed by atoms with Crippen molar-refractivity contribution in [2.45, 2.75) is 19.4 Å². The normalized spacial score (nSPS) is 12.1. The van der Waals surface area contributed by atoms with Crippen molar-refractivity contribution < 1.29 is 8.78 Å². The van der Waals surface area contributed by atoms with E-state index in [0.717, 1.165) is 16.7 Å². The first-order valence-corrected chi connectivity index (χ1v) is 7.64. The summed E-state index contributed by atoms with van der Waals surface area (Å²) in [6.45, 7) is 1.79. The molecule has 0 aliphatic rings. The molecule has 0 aliphatic heterocycles. The molecule has 7 heteroatoms. The van der Waals surface area contributed by atoms with Crippen LogP contribution in [-0.2, 0) is 0 Å². The van der Waals surface area contributed by atoms with Crippen molar-refractivity contribution in [1.82, 2.24) is 9.55 Å². The summed E-state index contributed by atoms with van der Waals surface area (Å²) in [7, 11) is 0. The average molecular weight is 340 g/mol. The number of halogens is 2. The largest absolute Gasteiger partial charge is 0.321 e. The molecule has 1 atom stereocenters. The predicted octanol–water partition coefficient (Wildman–Crippen LogP) is 2.95. The number of benzene rings is 2. The van der Waals surface area contributed by atoms with Gasteiger partial charge in [-0.15, -0.1) is 0 Å². The van der Waals surface area contributed by atoms with Gasteiger partial charge >= 0.3 is 0 Å². The molecular formula is C18H14F2N4O. The number of hydrogen-bond donors (Lipinski definition) is 1. The van der Waals surface area contributed by atoms with Gasteiger partial charge < -0.3 is 5.73 Å². The van der Waals surface area contributed by atoms with E-state index in [2.05, 4.69) is 4.98 Å². The van der Waals surface area contributed by atoms with Gasteiger partial charge in [0.2, 0.25) is 0 Å². The molecule has 1 heterocycles. The number of nitrogens with two attached hydrogens (primary N) is 1. The third-order valence-corrected chi connectivity index (χ3v) is 3.96. The number of nitriles is 1. The molecule has 0 saturated carbocycles. The second-order valence-corrected chi connectivity index (χ2v) is 5.54. The molecule has 0 fully saturated rings. The molecule has 3 rings (SSSR count). The third kappa shape index (κ3) is 2.77. The van der Waals surface area contributed by atoms with Gasteiger partial charge in [0.1, 0.15) is 28.4 Å². The van der Waals surface area contributed by atoms with Crippen molar-refractivity contribution in [3.8, 4) is 11.8 Å². The molecule has 0 amide bonds. The summed E-state index contributed by atoms with van der Waals surface area (Å²) in [5.41, 5.74) is 5.57. The van der Waals surface area contributed by atoms with Gasteiger partial charge in [0.25, 0.3) is 5.56 Å². The second-order valence-electron chi connectivity index (χ2n) is 5.54. The fraction of sp³-hybridized carbons (Fsp3) is 0.167. The van der Waals surface area contributed by atoms with Crippen LogP contribution in [-0.4, -0.2) is 9.55 Å². The summed E-state index contributed by atoms with van der Waals surface area (Å²) >= 11 is 0. The lowest BCUT2D eigenvalue weighted by atomic mass is 10.1. The van der Waals surface area contributed by atoms with Gasteiger partial charge in [0, 0.05) is 0 Å². The molecule has 1 aromatic heterocycles. The number of aromatic nitrogens is 2. The number of nitrogens with zero attached hydrogens (tertiary/aromatic N) is 3. The standard InChI is InChI=1S/C18H14F2N4O/c1-2-14(22)17-23-16-13(20)7-6-12(19)15(16)18(25)24(17)11-5-3-4-10(8-11)9-21/h3-8,14H,2,22H2,1H3. The van der Waals surface area contributed by atoms with E-state index < -0.39 is 28.6 Å². The lowest BCUT2D eigenvalue weighted by Gasteiger charge is -2.18. The first-order chi connectivity index (χ1) is 12.0. The summed E-state index contributed by atoms with van der Waals surface area (Å²) in [5, 5.41) is 8.62. The van der Waals surface area contributed by atoms with Crippen LogP contribution < -0.4 is 11.3 Å². The van der Waals surface area contributed by atoms with Gasteiger partial charge in [0.05, 0.1) is 23.4 Å². The molecule has 3 aromatic rings. The van der Waals surface area contributed by atoms with E-state index >= 15 is 0 Å². The van der Waals surface area contributed by atoms with Crippen LogP contribution in [0.4, 0.5) is 8.78 Å². The van der Waals surface area contributed by atoms with Crippen molar-refractivity contribution >= 4 is 10.9 Å². The summed E-state index contributed by atoms with van der Waals surface area (Å²) in [6.07, 6.45) is 0.437. The highest BCUT2D eigenvalue weighted by molar-refractivity contribution is 5.79. The summed E-state index contributed by atoms with van der Waals surface area (Å²) in [5.74, 6) is -1.55. The van der Waals surface area contributed by atoms with Crippen LogP contribution in [0.2, 0.25) is 0 Å². The van der Waals surface area contributed by atoms with Crippen molar-refractivity contribution in [3.63, 3.8) is 0 Å². The van der Waals surface area contributed by atoms with Crippen LogP contribution in [0.5, 0.6) is 0 Å². The molecule has 25 heavy (non-hydrogen) atoms. The minimum atomic E-state index is -0.865. The summed E-state index contributed by atoms with van der Waals surface area (Å²) in [4.78, 5) is 17.1. The molecular weight excluding hydrogens is 326 g/mol. The smallest absolute Gasteiger partial charge is 0.269 e. The highest BCUT2D eigenvalue weighted by Crippen LogP contribution is 2.22. The molecule has 2 N–H and O–H groups in total. The van der Waals surface area contributed by atoms with Gasteiger partial charge in [-0.05, 0) is 36.8 Å². The number of rotatable bonds is 3. The zero-order valence-electron chi connectivity index (χ0n) is 13.3. The zero-order valence-corrected chi connectivity index (χ0v) is 13.3. The average Bonchev–Trinajstić information content (AvgIpc) is 2.63. The first-order valence-electron chi connectivity index (χ1n) is 7.64. The van der Waals surface area contributed by atoms with Crippen LogP contribution in [0.3, 0.4) is 0 Å². The van der Waals surface area contributed by atoms with Crippen LogP contribution in [0.25, 0.3) is 16.6 Å². The molecule has 2 aromatic carbocycles. The van der Waals surface area contributed by atoms with E-state index in [4.69, 9.17) is 11.0 Å². The molecule has 0 saturated heterocycles. The SMILES string of the molecule is CCC(N)c1nc2c(F)ccc(F)c2c(=O)n1-c1cccc(C#N)c1. The molecule has 5 nitrogen and oxygen atoms in total. The van der Waals surface area contributed by atoms with E-state index in [-0.39, 0.29) is 11.3 Å². The Kier molecular flexibility index (Phi) is 4.30. The molecule has 0 bridgehead atoms. The highest BCUT2D eigenvalue weighted by Gasteiger charge is 2.21. The first kappa shape index (κ1) is 16.7. The lowest BCUT2D eigenvalue weighted by molar-refractivity contribution is 0.596. The minimum absolute atomic E-state index is 0.111. The van der Waals surface area contributed by atoms with Crippen LogP contribution in [0.15, 0.2) is 41.2 Å². The van der Waals surface area contributed by atoms with Gasteiger partial charge in [-0.1, -0.05) is 13.0 Å². The topological polar surface area (TPSA) is 84.7 Å². The Morgan fingerprint density at radius 2 is 2.00 bits per heavy atom. The molecule has 126 valence electrons. The van der Waals surface area contributed by atoms with Crippen LogP contribution >= 0.6 is 0 Å². The number of fused-ring (bicyclic) bond motifs is 1. The van der Waals surface area contributed by atoms with Crippen molar-refractivity contribution in [2.24, 2.45) is 5.73 Å². The monoisotopic (exact) mass is 340 g/mol. The summed E-state index contributed by atoms with van der Waals surface area (Å²) in [6, 6.07) is 9.34. The quantitative estimate of drug-likeness (QED) is 0.794. The molecule has 0 spiro atoms. The second kappa shape index (κ2) is 6.42. The maximum Gasteiger partial charge on any atom is 0.269 e. The third-order valence-electron chi connectivity index (χ3n) is 3.96. The van der Waals surface area contributed by atoms with Crippen LogP contribution in [0, 0.1) is 23.0 Å². The Bertz CT molecular complexity index is 1070. The maximum atomic E-state index is 14.2. The van der Waals surface area contributed by atoms with Crippen molar-refractivity contribution in [2.75, 3.05) is 0 Å². The van der Waals surface area contributed by atoms with E-state index in [1.807, 2.05) is 6.07 Å². The van der Waals surface area contributed by atoms with Crippen molar-refractivity contribution in [3.05, 3.63) is 69.8 Å². The van der Waals surface area contributed by atoms with Crippen molar-refractivity contribution in [1.29, 1.82) is 5.26 Å². The van der Waals surface area contributed by atoms with Gasteiger partial charge in [-0.25, -0.2) is 13.8 Å². The van der Waals surface area contributed by atoms with Gasteiger partial charge in [-0.3, -0.25) is 9.36 Å². The zero-order chi connectivity index (χ0) is 18.1. The molecule has 0 radical (unpaired) electrons. The minimum Gasteiger partial charge on any atom is -0.321 e. The highest BCUT2D eigenvalue weighted by atomic mass is 19.1. The Hall–Kier alpha value is -3.11. The fourth-order valence-corrected chi connectivity index (χ4v) is 2.63. The van der Waals surface area contributed by atoms with E-state index in [9.17, 15) is 13.6 Å². The Morgan fingerprint density at radius 3 is 2.68 bits per heavy atom. The van der Waals surface area contributed by atoms with Gasteiger partial charge in [-0.2, -0.15) is 5.26 Å².